The molecule has 2 aliphatic rings. The Bertz CT molecular complexity index is 330. The molecule has 0 bridgehead atoms. The molecule has 3 heteroatoms. The number of benzene rings is 1. The molecular weight excluding hydrogens is 231 g/mol. The molecule has 0 spiro atoms. The minimum absolute atomic E-state index is 0.446. The molecule has 1 aromatic carbocycles. The fourth-order valence-corrected chi connectivity index (χ4v) is 3.59. The van der Waals surface area contributed by atoms with Gasteiger partial charge in [0.1, 0.15) is 0 Å². The molecule has 0 radical (unpaired) electrons. The zero-order valence-electron chi connectivity index (χ0n) is 10.0. The summed E-state index contributed by atoms with van der Waals surface area (Å²) in [5.41, 5.74) is 0. The summed E-state index contributed by atoms with van der Waals surface area (Å²) in [6.45, 7) is 0. The number of hydrogen-bond acceptors (Lipinski definition) is 2. The van der Waals surface area contributed by atoms with E-state index in [2.05, 4.69) is 24.3 Å². The summed E-state index contributed by atoms with van der Waals surface area (Å²) >= 11 is 0. The molecule has 0 atom stereocenters. The maximum absolute atomic E-state index is 6.12. The first-order valence-corrected chi connectivity index (χ1v) is 7.78. The second-order valence-corrected chi connectivity index (χ2v) is 6.36. The molecule has 0 heterocycles. The van der Waals surface area contributed by atoms with Crippen molar-refractivity contribution in [2.45, 2.75) is 50.7 Å². The molecule has 3 rings (SSSR count). The topological polar surface area (TPSA) is 18.5 Å². The zero-order chi connectivity index (χ0) is 11.5. The largest absolute Gasteiger partial charge is 0.327 e. The highest BCUT2D eigenvalue weighted by Gasteiger charge is 2.29. The summed E-state index contributed by atoms with van der Waals surface area (Å²) in [5.74, 6) is 0. The van der Waals surface area contributed by atoms with Crippen LogP contribution in [0.25, 0.3) is 0 Å². The van der Waals surface area contributed by atoms with Gasteiger partial charge in [0.05, 0.1) is 12.2 Å². The minimum atomic E-state index is -0.844. The molecule has 1 aromatic rings. The van der Waals surface area contributed by atoms with Crippen LogP contribution in [0.5, 0.6) is 0 Å². The first-order chi connectivity index (χ1) is 8.42. The predicted octanol–water partition coefficient (Wildman–Crippen LogP) is 3.76. The average Bonchev–Trinajstić information content (AvgIpc) is 2.26. The van der Waals surface area contributed by atoms with Crippen molar-refractivity contribution in [3.05, 3.63) is 30.3 Å². The van der Waals surface area contributed by atoms with Gasteiger partial charge in [-0.15, -0.1) is 0 Å². The molecule has 0 saturated heterocycles. The van der Waals surface area contributed by atoms with E-state index in [1.807, 2.05) is 6.07 Å². The van der Waals surface area contributed by atoms with E-state index in [-0.39, 0.29) is 0 Å². The normalized spacial score (nSPS) is 21.2. The lowest BCUT2D eigenvalue weighted by Crippen LogP contribution is -2.26. The van der Waals surface area contributed by atoms with Crippen LogP contribution in [-0.2, 0) is 9.05 Å². The smallest absolute Gasteiger partial charge is 0.205 e. The maximum atomic E-state index is 6.12. The van der Waals surface area contributed by atoms with Crippen LogP contribution in [0.3, 0.4) is 0 Å². The Morgan fingerprint density at radius 1 is 0.824 bits per heavy atom. The fraction of sp³-hybridized carbons (Fsp3) is 0.571. The van der Waals surface area contributed by atoms with Crippen molar-refractivity contribution in [3.8, 4) is 0 Å². The quantitative estimate of drug-likeness (QED) is 0.741. The molecule has 92 valence electrons. The van der Waals surface area contributed by atoms with Crippen LogP contribution in [0.1, 0.15) is 38.5 Å². The highest BCUT2D eigenvalue weighted by molar-refractivity contribution is 7.56. The zero-order valence-corrected chi connectivity index (χ0v) is 10.9. The second-order valence-electron chi connectivity index (χ2n) is 4.91. The van der Waals surface area contributed by atoms with E-state index in [0.29, 0.717) is 12.2 Å². The van der Waals surface area contributed by atoms with Gasteiger partial charge < -0.3 is 9.05 Å². The Morgan fingerprint density at radius 3 is 1.76 bits per heavy atom. The molecule has 0 unspecified atom stereocenters. The van der Waals surface area contributed by atoms with Gasteiger partial charge in [-0.25, -0.2) is 0 Å². The van der Waals surface area contributed by atoms with Gasteiger partial charge in [0.15, 0.2) is 0 Å². The average molecular weight is 250 g/mol. The third-order valence-electron chi connectivity index (χ3n) is 3.56. The van der Waals surface area contributed by atoms with Gasteiger partial charge in [-0.2, -0.15) is 0 Å². The third kappa shape index (κ3) is 2.88. The Labute approximate surface area is 104 Å². The SMILES string of the molecule is c1ccc(P(OC2CCC2)OC2CCC2)cc1. The first kappa shape index (κ1) is 11.6. The van der Waals surface area contributed by atoms with Crippen LogP contribution < -0.4 is 5.30 Å². The molecule has 0 amide bonds. The van der Waals surface area contributed by atoms with Crippen molar-refractivity contribution in [1.29, 1.82) is 0 Å². The van der Waals surface area contributed by atoms with E-state index in [1.54, 1.807) is 0 Å². The molecule has 0 aromatic heterocycles. The van der Waals surface area contributed by atoms with Crippen LogP contribution in [0.15, 0.2) is 30.3 Å². The molecule has 2 nitrogen and oxygen atoms in total. The van der Waals surface area contributed by atoms with Crippen LogP contribution >= 0.6 is 8.38 Å². The van der Waals surface area contributed by atoms with E-state index in [9.17, 15) is 0 Å². The third-order valence-corrected chi connectivity index (χ3v) is 5.26. The lowest BCUT2D eigenvalue weighted by Gasteiger charge is -2.34. The Kier molecular flexibility index (Phi) is 3.75. The maximum Gasteiger partial charge on any atom is 0.205 e. The summed E-state index contributed by atoms with van der Waals surface area (Å²) in [4.78, 5) is 0. The van der Waals surface area contributed by atoms with Crippen LogP contribution in [0, 0.1) is 0 Å². The minimum Gasteiger partial charge on any atom is -0.327 e. The Balaban J connectivity index is 1.65. The summed E-state index contributed by atoms with van der Waals surface area (Å²) < 4.78 is 12.2. The van der Waals surface area contributed by atoms with Crippen molar-refractivity contribution in [1.82, 2.24) is 0 Å². The van der Waals surface area contributed by atoms with E-state index in [4.69, 9.17) is 9.05 Å². The summed E-state index contributed by atoms with van der Waals surface area (Å²) in [5, 5.41) is 1.22. The number of rotatable bonds is 5. The van der Waals surface area contributed by atoms with Crippen LogP contribution in [0.2, 0.25) is 0 Å². The van der Waals surface area contributed by atoms with Crippen molar-refractivity contribution in [3.63, 3.8) is 0 Å². The Morgan fingerprint density at radius 2 is 1.35 bits per heavy atom. The Hall–Kier alpha value is -0.430. The van der Waals surface area contributed by atoms with Crippen LogP contribution in [-0.4, -0.2) is 12.2 Å². The molecule has 0 aliphatic heterocycles. The van der Waals surface area contributed by atoms with Gasteiger partial charge in [0.2, 0.25) is 8.38 Å². The monoisotopic (exact) mass is 250 g/mol. The van der Waals surface area contributed by atoms with E-state index >= 15 is 0 Å². The summed E-state index contributed by atoms with van der Waals surface area (Å²) in [7, 11) is -0.844. The van der Waals surface area contributed by atoms with Crippen LogP contribution in [0.4, 0.5) is 0 Å². The standard InChI is InChI=1S/C14H19O2P/c1-2-10-14(11-3-1)17(15-12-6-4-7-12)16-13-8-5-9-13/h1-3,10-13H,4-9H2. The second kappa shape index (κ2) is 5.48. The van der Waals surface area contributed by atoms with Crippen molar-refractivity contribution in [2.24, 2.45) is 0 Å². The van der Waals surface area contributed by atoms with E-state index < -0.39 is 8.38 Å². The van der Waals surface area contributed by atoms with Gasteiger partial charge >= 0.3 is 0 Å². The van der Waals surface area contributed by atoms with Crippen molar-refractivity contribution >= 4 is 13.7 Å². The van der Waals surface area contributed by atoms with E-state index in [0.717, 1.165) is 0 Å². The summed E-state index contributed by atoms with van der Waals surface area (Å²) in [6.07, 6.45) is 8.35. The molecule has 17 heavy (non-hydrogen) atoms. The summed E-state index contributed by atoms with van der Waals surface area (Å²) in [6, 6.07) is 10.4. The van der Waals surface area contributed by atoms with Gasteiger partial charge in [0, 0.05) is 5.30 Å². The van der Waals surface area contributed by atoms with Gasteiger partial charge in [-0.05, 0) is 50.7 Å². The van der Waals surface area contributed by atoms with Gasteiger partial charge in [-0.3, -0.25) is 0 Å². The lowest BCUT2D eigenvalue weighted by molar-refractivity contribution is 0.0742. The number of hydrogen-bond donors (Lipinski definition) is 0. The van der Waals surface area contributed by atoms with Crippen molar-refractivity contribution in [2.75, 3.05) is 0 Å². The van der Waals surface area contributed by atoms with E-state index in [1.165, 1.54) is 43.8 Å². The lowest BCUT2D eigenvalue weighted by atomic mass is 9.97. The molecule has 2 saturated carbocycles. The first-order valence-electron chi connectivity index (χ1n) is 6.60. The fourth-order valence-electron chi connectivity index (χ4n) is 1.92. The van der Waals surface area contributed by atoms with Crippen molar-refractivity contribution < 1.29 is 9.05 Å². The molecular formula is C14H19O2P. The molecule has 2 aliphatic carbocycles. The molecule has 0 N–H and O–H groups in total. The predicted molar refractivity (Wildman–Crippen MR) is 70.4 cm³/mol. The van der Waals surface area contributed by atoms with Gasteiger partial charge in [-0.1, -0.05) is 18.2 Å². The van der Waals surface area contributed by atoms with Gasteiger partial charge in [0.25, 0.3) is 0 Å². The molecule has 2 fully saturated rings. The highest BCUT2D eigenvalue weighted by atomic mass is 31.2. The highest BCUT2D eigenvalue weighted by Crippen LogP contribution is 2.46.